The quantitative estimate of drug-likeness (QED) is 0.808. The molecule has 0 amide bonds. The maximum Gasteiger partial charge on any atom is 0.339 e. The van der Waals surface area contributed by atoms with E-state index in [1.165, 1.54) is 7.11 Å². The van der Waals surface area contributed by atoms with E-state index in [2.05, 4.69) is 20.9 Å². The van der Waals surface area contributed by atoms with Gasteiger partial charge < -0.3 is 9.72 Å². The summed E-state index contributed by atoms with van der Waals surface area (Å²) in [5.41, 5.74) is 2.47. The lowest BCUT2D eigenvalue weighted by Crippen LogP contribution is -2.01. The topological polar surface area (TPSA) is 42.1 Å². The average Bonchev–Trinajstić information content (AvgIpc) is 2.54. The molecule has 1 aromatic heterocycles. The molecule has 0 aliphatic rings. The van der Waals surface area contributed by atoms with Crippen molar-refractivity contribution in [3.05, 3.63) is 33.9 Å². The normalized spacial score (nSPS) is 10.6. The summed E-state index contributed by atoms with van der Waals surface area (Å²) >= 11 is 3.41. The summed E-state index contributed by atoms with van der Waals surface area (Å²) in [4.78, 5) is 14.6. The van der Waals surface area contributed by atoms with Gasteiger partial charge in [-0.2, -0.15) is 0 Å². The third-order valence-electron chi connectivity index (χ3n) is 2.44. The molecule has 0 spiro atoms. The number of hydrogen-bond acceptors (Lipinski definition) is 2. The van der Waals surface area contributed by atoms with E-state index in [0.29, 0.717) is 5.56 Å². The summed E-state index contributed by atoms with van der Waals surface area (Å²) in [6.07, 6.45) is 0. The first-order valence-electron chi connectivity index (χ1n) is 4.50. The second-order valence-corrected chi connectivity index (χ2v) is 4.08. The van der Waals surface area contributed by atoms with Crippen LogP contribution in [0.5, 0.6) is 0 Å². The lowest BCUT2D eigenvalue weighted by Gasteiger charge is -2.00. The number of rotatable bonds is 1. The molecular formula is C11H10BrNO2. The molecule has 0 bridgehead atoms. The number of fused-ring (bicyclic) bond motifs is 1. The molecule has 2 aromatic rings. The molecule has 0 saturated heterocycles. The molecule has 0 saturated carbocycles. The Labute approximate surface area is 95.6 Å². The van der Waals surface area contributed by atoms with E-state index in [9.17, 15) is 4.79 Å². The molecule has 78 valence electrons. The van der Waals surface area contributed by atoms with E-state index >= 15 is 0 Å². The molecular weight excluding hydrogens is 258 g/mol. The van der Waals surface area contributed by atoms with Crippen molar-refractivity contribution in [1.82, 2.24) is 4.98 Å². The molecule has 1 N–H and O–H groups in total. The van der Waals surface area contributed by atoms with Crippen LogP contribution < -0.4 is 0 Å². The Bertz CT molecular complexity index is 531. The Morgan fingerprint density at radius 2 is 2.20 bits per heavy atom. The zero-order chi connectivity index (χ0) is 11.0. The van der Waals surface area contributed by atoms with Gasteiger partial charge in [-0.15, -0.1) is 0 Å². The highest BCUT2D eigenvalue weighted by Crippen LogP contribution is 2.27. The van der Waals surface area contributed by atoms with Gasteiger partial charge in [-0.3, -0.25) is 0 Å². The van der Waals surface area contributed by atoms with Gasteiger partial charge in [-0.1, -0.05) is 12.1 Å². The van der Waals surface area contributed by atoms with Gasteiger partial charge in [-0.25, -0.2) is 4.79 Å². The Kier molecular flexibility index (Phi) is 2.52. The Morgan fingerprint density at radius 1 is 1.47 bits per heavy atom. The zero-order valence-corrected chi connectivity index (χ0v) is 10.0. The minimum absolute atomic E-state index is 0.325. The number of aryl methyl sites for hydroxylation is 1. The number of hydrogen-bond donors (Lipinski definition) is 1. The van der Waals surface area contributed by atoms with Gasteiger partial charge in [0, 0.05) is 5.39 Å². The third-order valence-corrected chi connectivity index (χ3v) is 3.23. The summed E-state index contributed by atoms with van der Waals surface area (Å²) < 4.78 is 5.62. The number of methoxy groups -OCH3 is 1. The van der Waals surface area contributed by atoms with Crippen LogP contribution in [0.1, 0.15) is 15.9 Å². The number of aromatic nitrogens is 1. The molecule has 0 unspecified atom stereocenters. The van der Waals surface area contributed by atoms with E-state index in [4.69, 9.17) is 4.74 Å². The van der Waals surface area contributed by atoms with Crippen LogP contribution in [0.25, 0.3) is 10.9 Å². The van der Waals surface area contributed by atoms with E-state index < -0.39 is 0 Å². The number of esters is 1. The van der Waals surface area contributed by atoms with Crippen LogP contribution in [0, 0.1) is 6.92 Å². The van der Waals surface area contributed by atoms with Gasteiger partial charge in [0.15, 0.2) is 0 Å². The number of halogens is 1. The summed E-state index contributed by atoms with van der Waals surface area (Å²) in [5.74, 6) is -0.325. The predicted octanol–water partition coefficient (Wildman–Crippen LogP) is 3.03. The highest BCUT2D eigenvalue weighted by molar-refractivity contribution is 9.10. The van der Waals surface area contributed by atoms with Crippen molar-refractivity contribution in [3.63, 3.8) is 0 Å². The Hall–Kier alpha value is -1.29. The van der Waals surface area contributed by atoms with Crippen LogP contribution in [-0.2, 0) is 4.74 Å². The first-order chi connectivity index (χ1) is 7.15. The van der Waals surface area contributed by atoms with Crippen molar-refractivity contribution >= 4 is 32.8 Å². The molecule has 1 heterocycles. The van der Waals surface area contributed by atoms with Crippen LogP contribution in [0.15, 0.2) is 22.8 Å². The molecule has 0 atom stereocenters. The fraction of sp³-hybridized carbons (Fsp3) is 0.182. The molecule has 2 rings (SSSR count). The summed E-state index contributed by atoms with van der Waals surface area (Å²) in [6.45, 7) is 1.99. The first-order valence-corrected chi connectivity index (χ1v) is 5.29. The fourth-order valence-corrected chi connectivity index (χ4v) is 2.01. The number of H-pyrrole nitrogens is 1. The molecule has 1 aromatic carbocycles. The Balaban J connectivity index is 2.77. The SMILES string of the molecule is COC(=O)c1cccc2c(C)c(Br)[nH]c12. The second kappa shape index (κ2) is 3.70. The zero-order valence-electron chi connectivity index (χ0n) is 8.43. The molecule has 0 radical (unpaired) electrons. The van der Waals surface area contributed by atoms with Gasteiger partial charge in [0.1, 0.15) is 0 Å². The maximum absolute atomic E-state index is 11.5. The maximum atomic E-state index is 11.5. The van der Waals surface area contributed by atoms with Crippen molar-refractivity contribution in [2.24, 2.45) is 0 Å². The highest BCUT2D eigenvalue weighted by Gasteiger charge is 2.13. The minimum atomic E-state index is -0.325. The van der Waals surface area contributed by atoms with Crippen LogP contribution in [0.2, 0.25) is 0 Å². The van der Waals surface area contributed by atoms with E-state index in [-0.39, 0.29) is 5.97 Å². The minimum Gasteiger partial charge on any atom is -0.465 e. The molecule has 3 nitrogen and oxygen atoms in total. The second-order valence-electron chi connectivity index (χ2n) is 3.28. The van der Waals surface area contributed by atoms with Gasteiger partial charge in [-0.05, 0) is 34.5 Å². The number of para-hydroxylation sites is 1. The van der Waals surface area contributed by atoms with E-state index in [0.717, 1.165) is 21.1 Å². The Morgan fingerprint density at radius 3 is 2.87 bits per heavy atom. The molecule has 0 aliphatic heterocycles. The number of aromatic amines is 1. The van der Waals surface area contributed by atoms with Crippen LogP contribution in [0.3, 0.4) is 0 Å². The molecule has 0 aliphatic carbocycles. The predicted molar refractivity (Wildman–Crippen MR) is 62.1 cm³/mol. The van der Waals surface area contributed by atoms with E-state index in [1.54, 1.807) is 6.07 Å². The smallest absolute Gasteiger partial charge is 0.339 e. The lowest BCUT2D eigenvalue weighted by molar-refractivity contribution is 0.0603. The number of benzene rings is 1. The lowest BCUT2D eigenvalue weighted by atomic mass is 10.1. The summed E-state index contributed by atoms with van der Waals surface area (Å²) in [5, 5.41) is 1.03. The molecule has 15 heavy (non-hydrogen) atoms. The van der Waals surface area contributed by atoms with Crippen LogP contribution in [-0.4, -0.2) is 18.1 Å². The van der Waals surface area contributed by atoms with Crippen LogP contribution >= 0.6 is 15.9 Å². The number of carbonyl (C=O) groups is 1. The summed E-state index contributed by atoms with van der Waals surface area (Å²) in [6, 6.07) is 5.57. The standard InChI is InChI=1S/C11H10BrNO2/c1-6-7-4-3-5-8(11(14)15-2)9(7)13-10(6)12/h3-5,13H,1-2H3. The number of ether oxygens (including phenoxy) is 1. The van der Waals surface area contributed by atoms with Crippen molar-refractivity contribution in [3.8, 4) is 0 Å². The summed E-state index contributed by atoms with van der Waals surface area (Å²) in [7, 11) is 1.38. The van der Waals surface area contributed by atoms with Gasteiger partial charge in [0.25, 0.3) is 0 Å². The van der Waals surface area contributed by atoms with Gasteiger partial charge >= 0.3 is 5.97 Å². The van der Waals surface area contributed by atoms with Crippen LogP contribution in [0.4, 0.5) is 0 Å². The van der Waals surface area contributed by atoms with Crippen molar-refractivity contribution in [1.29, 1.82) is 0 Å². The monoisotopic (exact) mass is 267 g/mol. The first kappa shape index (κ1) is 10.2. The third kappa shape index (κ3) is 1.55. The molecule has 0 fully saturated rings. The number of nitrogens with one attached hydrogen (secondary N) is 1. The fourth-order valence-electron chi connectivity index (χ4n) is 1.60. The highest BCUT2D eigenvalue weighted by atomic mass is 79.9. The van der Waals surface area contributed by atoms with E-state index in [1.807, 2.05) is 19.1 Å². The number of carbonyl (C=O) groups excluding carboxylic acids is 1. The largest absolute Gasteiger partial charge is 0.465 e. The van der Waals surface area contributed by atoms with Gasteiger partial charge in [0.05, 0.1) is 22.8 Å². The van der Waals surface area contributed by atoms with Crippen molar-refractivity contribution in [2.45, 2.75) is 6.92 Å². The average molecular weight is 268 g/mol. The van der Waals surface area contributed by atoms with Gasteiger partial charge in [0.2, 0.25) is 0 Å². The van der Waals surface area contributed by atoms with Crippen molar-refractivity contribution < 1.29 is 9.53 Å². The van der Waals surface area contributed by atoms with Crippen molar-refractivity contribution in [2.75, 3.05) is 7.11 Å². The molecule has 4 heteroatoms.